The van der Waals surface area contributed by atoms with Crippen LogP contribution in [0.15, 0.2) is 12.0 Å². The second-order valence-corrected chi connectivity index (χ2v) is 4.75. The van der Waals surface area contributed by atoms with Crippen molar-refractivity contribution in [3.8, 4) is 0 Å². The fourth-order valence-corrected chi connectivity index (χ4v) is 2.38. The molecule has 6 nitrogen and oxygen atoms in total. The van der Waals surface area contributed by atoms with Crippen LogP contribution in [0.2, 0.25) is 0 Å². The fourth-order valence-electron chi connectivity index (χ4n) is 2.38. The van der Waals surface area contributed by atoms with Gasteiger partial charge in [-0.3, -0.25) is 9.59 Å². The van der Waals surface area contributed by atoms with E-state index in [2.05, 4.69) is 5.32 Å². The molecular weight excluding hydrogens is 250 g/mol. The number of carbonyl (C=O) groups excluding carboxylic acids is 2. The van der Waals surface area contributed by atoms with Gasteiger partial charge in [0, 0.05) is 6.04 Å². The molecule has 1 fully saturated rings. The molecule has 6 heteroatoms. The SMILES string of the molecule is COC(=O)C1CCC(NC(=O)C2=COCCO2)CC1. The maximum Gasteiger partial charge on any atom is 0.308 e. The highest BCUT2D eigenvalue weighted by atomic mass is 16.6. The first-order valence-corrected chi connectivity index (χ1v) is 6.54. The summed E-state index contributed by atoms with van der Waals surface area (Å²) < 4.78 is 15.0. The summed E-state index contributed by atoms with van der Waals surface area (Å²) in [5, 5.41) is 2.90. The minimum atomic E-state index is -0.249. The van der Waals surface area contributed by atoms with Crippen molar-refractivity contribution in [1.29, 1.82) is 0 Å². The maximum atomic E-state index is 11.9. The highest BCUT2D eigenvalue weighted by Gasteiger charge is 2.28. The van der Waals surface area contributed by atoms with Crippen LogP contribution < -0.4 is 5.32 Å². The van der Waals surface area contributed by atoms with Crippen LogP contribution in [0, 0.1) is 5.92 Å². The lowest BCUT2D eigenvalue weighted by Gasteiger charge is -2.28. The molecule has 0 atom stereocenters. The first kappa shape index (κ1) is 13.7. The predicted octanol–water partition coefficient (Wildman–Crippen LogP) is 0.723. The number of rotatable bonds is 3. The lowest BCUT2D eigenvalue weighted by Crippen LogP contribution is -2.40. The van der Waals surface area contributed by atoms with E-state index in [1.54, 1.807) is 0 Å². The Labute approximate surface area is 112 Å². The van der Waals surface area contributed by atoms with Crippen molar-refractivity contribution in [2.75, 3.05) is 20.3 Å². The number of nitrogens with one attached hydrogen (secondary N) is 1. The summed E-state index contributed by atoms with van der Waals surface area (Å²) >= 11 is 0. The molecule has 0 unspecified atom stereocenters. The zero-order chi connectivity index (χ0) is 13.7. The second kappa shape index (κ2) is 6.45. The predicted molar refractivity (Wildman–Crippen MR) is 65.9 cm³/mol. The van der Waals surface area contributed by atoms with Gasteiger partial charge < -0.3 is 19.5 Å². The lowest BCUT2D eigenvalue weighted by atomic mass is 9.86. The largest absolute Gasteiger partial charge is 0.494 e. The topological polar surface area (TPSA) is 73.9 Å². The third kappa shape index (κ3) is 3.62. The smallest absolute Gasteiger partial charge is 0.308 e. The van der Waals surface area contributed by atoms with Gasteiger partial charge in [-0.1, -0.05) is 0 Å². The van der Waals surface area contributed by atoms with Crippen molar-refractivity contribution in [1.82, 2.24) is 5.32 Å². The fraction of sp³-hybridized carbons (Fsp3) is 0.692. The van der Waals surface area contributed by atoms with Gasteiger partial charge in [-0.15, -0.1) is 0 Å². The van der Waals surface area contributed by atoms with Gasteiger partial charge in [0.05, 0.1) is 13.0 Å². The van der Waals surface area contributed by atoms with E-state index in [1.807, 2.05) is 0 Å². The molecule has 1 aliphatic heterocycles. The Bertz CT molecular complexity index is 371. The molecule has 2 rings (SSSR count). The Morgan fingerprint density at radius 2 is 2.00 bits per heavy atom. The maximum absolute atomic E-state index is 11.9. The molecule has 0 saturated heterocycles. The van der Waals surface area contributed by atoms with Crippen LogP contribution in [0.25, 0.3) is 0 Å². The van der Waals surface area contributed by atoms with Crippen molar-refractivity contribution >= 4 is 11.9 Å². The van der Waals surface area contributed by atoms with Gasteiger partial charge in [0.2, 0.25) is 5.76 Å². The summed E-state index contributed by atoms with van der Waals surface area (Å²) in [5.41, 5.74) is 0. The van der Waals surface area contributed by atoms with E-state index in [1.165, 1.54) is 13.4 Å². The van der Waals surface area contributed by atoms with E-state index in [0.717, 1.165) is 25.7 Å². The number of hydrogen-bond donors (Lipinski definition) is 1. The zero-order valence-electron chi connectivity index (χ0n) is 11.0. The van der Waals surface area contributed by atoms with Crippen LogP contribution in [0.3, 0.4) is 0 Å². The Kier molecular flexibility index (Phi) is 4.65. The summed E-state index contributed by atoms with van der Waals surface area (Å²) in [6.45, 7) is 0.870. The third-order valence-corrected chi connectivity index (χ3v) is 3.47. The van der Waals surface area contributed by atoms with Gasteiger partial charge in [0.15, 0.2) is 0 Å². The number of carbonyl (C=O) groups is 2. The monoisotopic (exact) mass is 269 g/mol. The van der Waals surface area contributed by atoms with Crippen molar-refractivity contribution in [2.45, 2.75) is 31.7 Å². The average Bonchev–Trinajstić information content (AvgIpc) is 2.48. The Balaban J connectivity index is 1.77. The molecule has 2 aliphatic rings. The summed E-state index contributed by atoms with van der Waals surface area (Å²) in [6.07, 6.45) is 4.39. The van der Waals surface area contributed by atoms with Gasteiger partial charge in [-0.2, -0.15) is 0 Å². The molecule has 0 aromatic rings. The molecule has 106 valence electrons. The van der Waals surface area contributed by atoms with Gasteiger partial charge in [-0.05, 0) is 25.7 Å². The van der Waals surface area contributed by atoms with Crippen LogP contribution in [-0.2, 0) is 23.8 Å². The standard InChI is InChI=1S/C13H19NO5/c1-17-13(16)9-2-4-10(5-3-9)14-12(15)11-8-18-6-7-19-11/h8-10H,2-7H2,1H3,(H,14,15). The van der Waals surface area contributed by atoms with Gasteiger partial charge in [0.1, 0.15) is 19.5 Å². The van der Waals surface area contributed by atoms with E-state index in [-0.39, 0.29) is 29.6 Å². The van der Waals surface area contributed by atoms with Crippen LogP contribution in [0.1, 0.15) is 25.7 Å². The lowest BCUT2D eigenvalue weighted by molar-refractivity contribution is -0.146. The Morgan fingerprint density at radius 3 is 2.58 bits per heavy atom. The molecular formula is C13H19NO5. The van der Waals surface area contributed by atoms with E-state index < -0.39 is 0 Å². The van der Waals surface area contributed by atoms with Crippen LogP contribution in [-0.4, -0.2) is 38.2 Å². The molecule has 0 bridgehead atoms. The Hall–Kier alpha value is -1.72. The molecule has 1 heterocycles. The molecule has 0 radical (unpaired) electrons. The minimum Gasteiger partial charge on any atom is -0.494 e. The summed E-state index contributed by atoms with van der Waals surface area (Å²) in [5.74, 6) is -0.217. The number of esters is 1. The summed E-state index contributed by atoms with van der Waals surface area (Å²) in [7, 11) is 1.41. The van der Waals surface area contributed by atoms with E-state index in [9.17, 15) is 9.59 Å². The van der Waals surface area contributed by atoms with Crippen LogP contribution >= 0.6 is 0 Å². The second-order valence-electron chi connectivity index (χ2n) is 4.75. The molecule has 0 aromatic heterocycles. The minimum absolute atomic E-state index is 0.0355. The van der Waals surface area contributed by atoms with Crippen molar-refractivity contribution in [3.05, 3.63) is 12.0 Å². The molecule has 0 spiro atoms. The summed E-state index contributed by atoms with van der Waals surface area (Å²) in [6, 6.07) is 0.0832. The van der Waals surface area contributed by atoms with Crippen LogP contribution in [0.4, 0.5) is 0 Å². The highest BCUT2D eigenvalue weighted by Crippen LogP contribution is 2.25. The van der Waals surface area contributed by atoms with Crippen molar-refractivity contribution < 1.29 is 23.8 Å². The van der Waals surface area contributed by atoms with Crippen molar-refractivity contribution in [2.24, 2.45) is 5.92 Å². The molecule has 1 aliphatic carbocycles. The zero-order valence-corrected chi connectivity index (χ0v) is 11.0. The number of amides is 1. The van der Waals surface area contributed by atoms with Gasteiger partial charge in [-0.25, -0.2) is 0 Å². The Morgan fingerprint density at radius 1 is 1.26 bits per heavy atom. The average molecular weight is 269 g/mol. The number of hydrogen-bond acceptors (Lipinski definition) is 5. The molecule has 0 aromatic carbocycles. The molecule has 1 amide bonds. The van der Waals surface area contributed by atoms with Crippen molar-refractivity contribution in [3.63, 3.8) is 0 Å². The molecule has 1 saturated carbocycles. The third-order valence-electron chi connectivity index (χ3n) is 3.47. The highest BCUT2D eigenvalue weighted by molar-refractivity contribution is 5.91. The molecule has 1 N–H and O–H groups in total. The first-order valence-electron chi connectivity index (χ1n) is 6.54. The normalized spacial score (nSPS) is 26.5. The molecule has 19 heavy (non-hydrogen) atoms. The van der Waals surface area contributed by atoms with E-state index in [0.29, 0.717) is 13.2 Å². The number of methoxy groups -OCH3 is 1. The van der Waals surface area contributed by atoms with Crippen LogP contribution in [0.5, 0.6) is 0 Å². The quantitative estimate of drug-likeness (QED) is 0.764. The van der Waals surface area contributed by atoms with Gasteiger partial charge >= 0.3 is 5.97 Å². The van der Waals surface area contributed by atoms with Gasteiger partial charge in [0.25, 0.3) is 5.91 Å². The van der Waals surface area contributed by atoms with E-state index in [4.69, 9.17) is 14.2 Å². The van der Waals surface area contributed by atoms with E-state index >= 15 is 0 Å². The summed E-state index contributed by atoms with van der Waals surface area (Å²) in [4.78, 5) is 23.2. The number of ether oxygens (including phenoxy) is 3. The first-order chi connectivity index (χ1) is 9.20.